The minimum absolute atomic E-state index is 0.383. The van der Waals surface area contributed by atoms with Crippen molar-refractivity contribution in [3.05, 3.63) is 45.1 Å². The highest BCUT2D eigenvalue weighted by Crippen LogP contribution is 2.31. The topological polar surface area (TPSA) is 64.6 Å². The lowest BCUT2D eigenvalue weighted by atomic mass is 9.96. The van der Waals surface area contributed by atoms with Crippen molar-refractivity contribution in [1.82, 2.24) is 0 Å². The van der Waals surface area contributed by atoms with Gasteiger partial charge in [-0.3, -0.25) is 4.79 Å². The van der Waals surface area contributed by atoms with Crippen LogP contribution in [0.25, 0.3) is 0 Å². The second-order valence-corrected chi connectivity index (χ2v) is 7.46. The summed E-state index contributed by atoms with van der Waals surface area (Å²) in [7, 11) is 1.55. The number of hydrogen-bond donors (Lipinski definition) is 1. The summed E-state index contributed by atoms with van der Waals surface area (Å²) in [5.41, 5.74) is 3.26. The lowest BCUT2D eigenvalue weighted by molar-refractivity contribution is -0.123. The quantitative estimate of drug-likeness (QED) is 0.801. The van der Waals surface area contributed by atoms with Crippen LogP contribution in [0.4, 0.5) is 5.69 Å². The summed E-state index contributed by atoms with van der Waals surface area (Å²) in [4.78, 5) is 26.2. The van der Waals surface area contributed by atoms with Gasteiger partial charge in [-0.25, -0.2) is 4.79 Å². The highest BCUT2D eigenvalue weighted by atomic mass is 32.1. The molecule has 138 valence electrons. The van der Waals surface area contributed by atoms with Crippen LogP contribution >= 0.6 is 11.3 Å². The van der Waals surface area contributed by atoms with Crippen LogP contribution in [0.5, 0.6) is 5.75 Å². The van der Waals surface area contributed by atoms with Gasteiger partial charge in [0.15, 0.2) is 6.10 Å². The first-order valence-corrected chi connectivity index (χ1v) is 9.63. The predicted octanol–water partition coefficient (Wildman–Crippen LogP) is 4.13. The molecule has 0 bridgehead atoms. The van der Waals surface area contributed by atoms with Crippen molar-refractivity contribution in [2.75, 3.05) is 12.4 Å². The van der Waals surface area contributed by atoms with Crippen molar-refractivity contribution in [2.45, 2.75) is 45.6 Å². The molecule has 2 aromatic rings. The van der Waals surface area contributed by atoms with E-state index in [0.717, 1.165) is 30.4 Å². The molecule has 26 heavy (non-hydrogen) atoms. The zero-order valence-electron chi connectivity index (χ0n) is 15.3. The maximum atomic E-state index is 12.5. The Morgan fingerprint density at radius 1 is 1.23 bits per heavy atom. The molecule has 5 nitrogen and oxygen atoms in total. The van der Waals surface area contributed by atoms with Crippen LogP contribution in [-0.2, 0) is 22.4 Å². The monoisotopic (exact) mass is 373 g/mol. The molecule has 6 heteroatoms. The Labute approximate surface area is 157 Å². The Morgan fingerprint density at radius 3 is 2.77 bits per heavy atom. The van der Waals surface area contributed by atoms with Crippen molar-refractivity contribution in [3.8, 4) is 5.75 Å². The number of amides is 1. The van der Waals surface area contributed by atoms with Crippen molar-refractivity contribution < 1.29 is 19.1 Å². The van der Waals surface area contributed by atoms with Gasteiger partial charge >= 0.3 is 5.97 Å². The van der Waals surface area contributed by atoms with Crippen molar-refractivity contribution in [2.24, 2.45) is 0 Å². The maximum absolute atomic E-state index is 12.5. The van der Waals surface area contributed by atoms with E-state index in [-0.39, 0.29) is 5.91 Å². The van der Waals surface area contributed by atoms with E-state index >= 15 is 0 Å². The average molecular weight is 373 g/mol. The van der Waals surface area contributed by atoms with Crippen LogP contribution in [-0.4, -0.2) is 25.1 Å². The van der Waals surface area contributed by atoms with Crippen LogP contribution in [0.15, 0.2) is 23.6 Å². The van der Waals surface area contributed by atoms with E-state index in [9.17, 15) is 9.59 Å². The molecule has 0 aliphatic heterocycles. The van der Waals surface area contributed by atoms with E-state index in [4.69, 9.17) is 9.47 Å². The number of thiophene rings is 1. The molecule has 1 aliphatic carbocycles. The highest BCUT2D eigenvalue weighted by Gasteiger charge is 2.25. The van der Waals surface area contributed by atoms with E-state index in [2.05, 4.69) is 5.32 Å². The predicted molar refractivity (Wildman–Crippen MR) is 102 cm³/mol. The van der Waals surface area contributed by atoms with Gasteiger partial charge in [0.25, 0.3) is 5.91 Å². The van der Waals surface area contributed by atoms with Crippen molar-refractivity contribution in [3.63, 3.8) is 0 Å². The summed E-state index contributed by atoms with van der Waals surface area (Å²) in [6, 6.07) is 5.51. The molecule has 0 fully saturated rings. The standard InChI is InChI=1S/C20H23NO4S/c1-12-8-9-17(24-3)16(10-12)21-19(22)13(2)25-20(23)15-11-26-18-7-5-4-6-14(15)18/h8-11,13H,4-7H2,1-3H3,(H,21,22)/t13-/m1/s1. The second-order valence-electron chi connectivity index (χ2n) is 6.50. The number of benzene rings is 1. The molecular weight excluding hydrogens is 350 g/mol. The number of rotatable bonds is 5. The molecule has 1 aliphatic rings. The number of fused-ring (bicyclic) bond motifs is 1. The van der Waals surface area contributed by atoms with Crippen molar-refractivity contribution in [1.29, 1.82) is 0 Å². The van der Waals surface area contributed by atoms with Gasteiger partial charge in [0.2, 0.25) is 0 Å². The van der Waals surface area contributed by atoms with E-state index in [0.29, 0.717) is 17.0 Å². The summed E-state index contributed by atoms with van der Waals surface area (Å²) in [5, 5.41) is 4.63. The molecule has 0 saturated carbocycles. The first kappa shape index (κ1) is 18.5. The zero-order valence-corrected chi connectivity index (χ0v) is 16.1. The summed E-state index contributed by atoms with van der Waals surface area (Å²) >= 11 is 1.61. The van der Waals surface area contributed by atoms with Crippen LogP contribution in [0.2, 0.25) is 0 Å². The van der Waals surface area contributed by atoms with E-state index in [1.165, 1.54) is 11.3 Å². The summed E-state index contributed by atoms with van der Waals surface area (Å²) in [6.07, 6.45) is 3.29. The van der Waals surface area contributed by atoms with Gasteiger partial charge in [-0.2, -0.15) is 0 Å². The molecule has 1 atom stereocenters. The molecule has 1 N–H and O–H groups in total. The third-order valence-electron chi connectivity index (χ3n) is 4.55. The summed E-state index contributed by atoms with van der Waals surface area (Å²) in [5.74, 6) is -0.246. The van der Waals surface area contributed by atoms with Crippen LogP contribution < -0.4 is 10.1 Å². The second kappa shape index (κ2) is 7.91. The average Bonchev–Trinajstić information content (AvgIpc) is 3.06. The van der Waals surface area contributed by atoms with Gasteiger partial charge < -0.3 is 14.8 Å². The SMILES string of the molecule is COc1ccc(C)cc1NC(=O)[C@@H](C)OC(=O)c1csc2c1CCCC2. The first-order chi connectivity index (χ1) is 12.5. The number of esters is 1. The molecule has 0 spiro atoms. The molecule has 1 amide bonds. The van der Waals surface area contributed by atoms with Gasteiger partial charge in [-0.15, -0.1) is 11.3 Å². The lowest BCUT2D eigenvalue weighted by Crippen LogP contribution is -2.30. The Morgan fingerprint density at radius 2 is 2.00 bits per heavy atom. The van der Waals surface area contributed by atoms with Crippen molar-refractivity contribution >= 4 is 28.9 Å². The Kier molecular flexibility index (Phi) is 5.61. The minimum Gasteiger partial charge on any atom is -0.495 e. The number of nitrogens with one attached hydrogen (secondary N) is 1. The van der Waals surface area contributed by atoms with Crippen LogP contribution in [0, 0.1) is 6.92 Å². The van der Waals surface area contributed by atoms with Gasteiger partial charge in [0, 0.05) is 10.3 Å². The van der Waals surface area contributed by atoms with Gasteiger partial charge in [0.1, 0.15) is 5.75 Å². The van der Waals surface area contributed by atoms with E-state index in [1.54, 1.807) is 31.4 Å². The molecule has 0 unspecified atom stereocenters. The number of ether oxygens (including phenoxy) is 2. The van der Waals surface area contributed by atoms with E-state index < -0.39 is 12.1 Å². The van der Waals surface area contributed by atoms with Gasteiger partial charge in [-0.05, 0) is 62.8 Å². The van der Waals surface area contributed by atoms with Gasteiger partial charge in [0.05, 0.1) is 18.4 Å². The third kappa shape index (κ3) is 3.90. The molecule has 1 aromatic carbocycles. The molecule has 3 rings (SSSR count). The number of aryl methyl sites for hydroxylation is 2. The Balaban J connectivity index is 1.67. The smallest absolute Gasteiger partial charge is 0.340 e. The molecule has 1 heterocycles. The van der Waals surface area contributed by atoms with E-state index in [1.807, 2.05) is 24.4 Å². The summed E-state index contributed by atoms with van der Waals surface area (Å²) < 4.78 is 10.7. The fourth-order valence-electron chi connectivity index (χ4n) is 3.10. The number of carbonyl (C=O) groups is 2. The Bertz CT molecular complexity index is 827. The summed E-state index contributed by atoms with van der Waals surface area (Å²) in [6.45, 7) is 3.51. The molecule has 1 aromatic heterocycles. The fraction of sp³-hybridized carbons (Fsp3) is 0.400. The van der Waals surface area contributed by atoms with Crippen LogP contribution in [0.3, 0.4) is 0 Å². The number of anilines is 1. The number of methoxy groups -OCH3 is 1. The normalized spacial score (nSPS) is 14.3. The molecule has 0 saturated heterocycles. The first-order valence-electron chi connectivity index (χ1n) is 8.75. The molecular formula is C20H23NO4S. The van der Waals surface area contributed by atoms with Gasteiger partial charge in [-0.1, -0.05) is 6.07 Å². The third-order valence-corrected chi connectivity index (χ3v) is 5.64. The zero-order chi connectivity index (χ0) is 18.7. The number of carbonyl (C=O) groups excluding carboxylic acids is 2. The Hall–Kier alpha value is -2.34. The fourth-order valence-corrected chi connectivity index (χ4v) is 4.21. The largest absolute Gasteiger partial charge is 0.495 e. The minimum atomic E-state index is -0.896. The highest BCUT2D eigenvalue weighted by molar-refractivity contribution is 7.10. The molecule has 0 radical (unpaired) electrons. The number of hydrogen-bond acceptors (Lipinski definition) is 5. The van der Waals surface area contributed by atoms with Crippen LogP contribution in [0.1, 0.15) is 46.1 Å². The maximum Gasteiger partial charge on any atom is 0.340 e. The lowest BCUT2D eigenvalue weighted by Gasteiger charge is -2.16.